The quantitative estimate of drug-likeness (QED) is 0.861. The topological polar surface area (TPSA) is 38.3 Å². The van der Waals surface area contributed by atoms with Gasteiger partial charge in [0.05, 0.1) is 6.54 Å². The van der Waals surface area contributed by atoms with Crippen molar-refractivity contribution in [1.82, 2.24) is 5.32 Å². The van der Waals surface area contributed by atoms with Crippen molar-refractivity contribution in [3.05, 3.63) is 35.6 Å². The van der Waals surface area contributed by atoms with Crippen LogP contribution in [-0.4, -0.2) is 24.2 Å². The maximum absolute atomic E-state index is 12.8. The minimum atomic E-state index is -0.435. The molecular formula is C16H22FNO2. The van der Waals surface area contributed by atoms with Gasteiger partial charge >= 0.3 is 5.97 Å². The molecule has 0 unspecified atom stereocenters. The second-order valence-electron chi connectivity index (χ2n) is 6.38. The van der Waals surface area contributed by atoms with E-state index in [2.05, 4.69) is 5.32 Å². The molecule has 0 bridgehead atoms. The van der Waals surface area contributed by atoms with Gasteiger partial charge in [-0.2, -0.15) is 0 Å². The molecule has 1 aliphatic carbocycles. The first-order chi connectivity index (χ1) is 9.33. The Hall–Kier alpha value is -1.42. The Morgan fingerprint density at radius 1 is 1.30 bits per heavy atom. The third-order valence-electron chi connectivity index (χ3n) is 3.43. The summed E-state index contributed by atoms with van der Waals surface area (Å²) < 4.78 is 18.1. The SMILES string of the molecule is CC(C)(C)OC(=O)CNC1CC(c2ccc(F)cc2)C1. The van der Waals surface area contributed by atoms with E-state index in [1.165, 1.54) is 17.7 Å². The van der Waals surface area contributed by atoms with Gasteiger partial charge < -0.3 is 10.1 Å². The predicted molar refractivity (Wildman–Crippen MR) is 76.0 cm³/mol. The van der Waals surface area contributed by atoms with Crippen LogP contribution in [0, 0.1) is 5.82 Å². The number of carbonyl (C=O) groups excluding carboxylic acids is 1. The van der Waals surface area contributed by atoms with Crippen LogP contribution in [0.4, 0.5) is 4.39 Å². The monoisotopic (exact) mass is 279 g/mol. The lowest BCUT2D eigenvalue weighted by Crippen LogP contribution is -2.43. The predicted octanol–water partition coefficient (Wildman–Crippen LogP) is 3.00. The molecule has 3 nitrogen and oxygen atoms in total. The minimum Gasteiger partial charge on any atom is -0.459 e. The molecule has 4 heteroatoms. The Morgan fingerprint density at radius 3 is 2.45 bits per heavy atom. The van der Waals surface area contributed by atoms with E-state index in [4.69, 9.17) is 4.74 Å². The average Bonchev–Trinajstić information content (AvgIpc) is 2.27. The van der Waals surface area contributed by atoms with Crippen molar-refractivity contribution in [2.45, 2.75) is 51.2 Å². The molecule has 0 atom stereocenters. The summed E-state index contributed by atoms with van der Waals surface area (Å²) in [6.45, 7) is 5.83. The fraction of sp³-hybridized carbons (Fsp3) is 0.562. The second kappa shape index (κ2) is 5.92. The summed E-state index contributed by atoms with van der Waals surface area (Å²) in [4.78, 5) is 11.6. The lowest BCUT2D eigenvalue weighted by atomic mass is 9.76. The Labute approximate surface area is 119 Å². The van der Waals surface area contributed by atoms with Crippen LogP contribution < -0.4 is 5.32 Å². The molecule has 1 fully saturated rings. The van der Waals surface area contributed by atoms with E-state index in [0.717, 1.165) is 12.8 Å². The van der Waals surface area contributed by atoms with Crippen LogP contribution in [0.15, 0.2) is 24.3 Å². The van der Waals surface area contributed by atoms with E-state index in [1.54, 1.807) is 0 Å². The van der Waals surface area contributed by atoms with Crippen LogP contribution in [-0.2, 0) is 9.53 Å². The maximum atomic E-state index is 12.8. The van der Waals surface area contributed by atoms with Gasteiger partial charge in [-0.3, -0.25) is 4.79 Å². The van der Waals surface area contributed by atoms with Gasteiger partial charge in [-0.15, -0.1) is 0 Å². The molecule has 1 aromatic rings. The zero-order chi connectivity index (χ0) is 14.8. The molecule has 1 N–H and O–H groups in total. The molecule has 0 amide bonds. The molecule has 20 heavy (non-hydrogen) atoms. The van der Waals surface area contributed by atoms with Crippen molar-refractivity contribution >= 4 is 5.97 Å². The molecule has 1 aromatic carbocycles. The molecule has 0 spiro atoms. The van der Waals surface area contributed by atoms with Crippen molar-refractivity contribution in [3.63, 3.8) is 0 Å². The molecule has 1 saturated carbocycles. The van der Waals surface area contributed by atoms with Crippen molar-refractivity contribution in [3.8, 4) is 0 Å². The summed E-state index contributed by atoms with van der Waals surface area (Å²) in [5, 5.41) is 3.20. The molecule has 0 aliphatic heterocycles. The lowest BCUT2D eigenvalue weighted by molar-refractivity contribution is -0.153. The van der Waals surface area contributed by atoms with Crippen LogP contribution in [0.25, 0.3) is 0 Å². The summed E-state index contributed by atoms with van der Waals surface area (Å²) >= 11 is 0. The molecular weight excluding hydrogens is 257 g/mol. The van der Waals surface area contributed by atoms with Gasteiger partial charge in [-0.1, -0.05) is 12.1 Å². The highest BCUT2D eigenvalue weighted by Crippen LogP contribution is 2.36. The number of carbonyl (C=O) groups is 1. The Bertz CT molecular complexity index is 458. The first-order valence-corrected chi connectivity index (χ1v) is 7.04. The number of ether oxygens (including phenoxy) is 1. The van der Waals surface area contributed by atoms with Crippen LogP contribution in [0.2, 0.25) is 0 Å². The van der Waals surface area contributed by atoms with Gasteiger partial charge in [0, 0.05) is 6.04 Å². The van der Waals surface area contributed by atoms with Crippen molar-refractivity contribution in [1.29, 1.82) is 0 Å². The van der Waals surface area contributed by atoms with Crippen LogP contribution in [0.3, 0.4) is 0 Å². The van der Waals surface area contributed by atoms with Crippen LogP contribution in [0.5, 0.6) is 0 Å². The highest BCUT2D eigenvalue weighted by Gasteiger charge is 2.30. The molecule has 0 aromatic heterocycles. The molecule has 2 rings (SSSR count). The largest absolute Gasteiger partial charge is 0.459 e. The summed E-state index contributed by atoms with van der Waals surface area (Å²) in [6.07, 6.45) is 1.96. The fourth-order valence-electron chi connectivity index (χ4n) is 2.40. The second-order valence-corrected chi connectivity index (χ2v) is 6.38. The zero-order valence-corrected chi connectivity index (χ0v) is 12.3. The van der Waals surface area contributed by atoms with E-state index < -0.39 is 5.60 Å². The zero-order valence-electron chi connectivity index (χ0n) is 12.3. The van der Waals surface area contributed by atoms with E-state index in [0.29, 0.717) is 12.0 Å². The standard InChI is InChI=1S/C16H22FNO2/c1-16(2,3)20-15(19)10-18-14-8-12(9-14)11-4-6-13(17)7-5-11/h4-7,12,14,18H,8-10H2,1-3H3. The highest BCUT2D eigenvalue weighted by atomic mass is 19.1. The summed E-state index contributed by atoms with van der Waals surface area (Å²) in [5.41, 5.74) is 0.733. The Kier molecular flexibility index (Phi) is 4.43. The van der Waals surface area contributed by atoms with Crippen molar-refractivity contribution < 1.29 is 13.9 Å². The number of nitrogens with one attached hydrogen (secondary N) is 1. The molecule has 0 radical (unpaired) electrons. The van der Waals surface area contributed by atoms with Gasteiger partial charge in [0.15, 0.2) is 0 Å². The van der Waals surface area contributed by atoms with Crippen molar-refractivity contribution in [2.75, 3.05) is 6.54 Å². The Morgan fingerprint density at radius 2 is 1.90 bits per heavy atom. The first-order valence-electron chi connectivity index (χ1n) is 7.04. The van der Waals surface area contributed by atoms with Gasteiger partial charge in [0.1, 0.15) is 11.4 Å². The van der Waals surface area contributed by atoms with Gasteiger partial charge in [0.25, 0.3) is 0 Å². The molecule has 1 aliphatic rings. The highest BCUT2D eigenvalue weighted by molar-refractivity contribution is 5.72. The first kappa shape index (κ1) is 15.0. The van der Waals surface area contributed by atoms with E-state index in [1.807, 2.05) is 32.9 Å². The minimum absolute atomic E-state index is 0.201. The van der Waals surface area contributed by atoms with Crippen LogP contribution >= 0.6 is 0 Å². The number of rotatable bonds is 4. The smallest absolute Gasteiger partial charge is 0.320 e. The van der Waals surface area contributed by atoms with E-state index in [-0.39, 0.29) is 18.3 Å². The van der Waals surface area contributed by atoms with Gasteiger partial charge in [-0.25, -0.2) is 4.39 Å². The number of halogens is 1. The Balaban J connectivity index is 1.69. The van der Waals surface area contributed by atoms with Gasteiger partial charge in [0.2, 0.25) is 0 Å². The van der Waals surface area contributed by atoms with Crippen molar-refractivity contribution in [2.24, 2.45) is 0 Å². The number of hydrogen-bond acceptors (Lipinski definition) is 3. The number of esters is 1. The molecule has 0 heterocycles. The summed E-state index contributed by atoms with van der Waals surface area (Å²) in [6, 6.07) is 7.01. The normalized spacial score (nSPS) is 22.2. The summed E-state index contributed by atoms with van der Waals surface area (Å²) in [5.74, 6) is 0.0437. The number of hydrogen-bond donors (Lipinski definition) is 1. The third-order valence-corrected chi connectivity index (χ3v) is 3.43. The molecule has 0 saturated heterocycles. The van der Waals surface area contributed by atoms with E-state index >= 15 is 0 Å². The van der Waals surface area contributed by atoms with Crippen LogP contribution in [0.1, 0.15) is 45.1 Å². The molecule has 110 valence electrons. The number of benzene rings is 1. The lowest BCUT2D eigenvalue weighted by Gasteiger charge is -2.36. The third kappa shape index (κ3) is 4.30. The summed E-state index contributed by atoms with van der Waals surface area (Å²) in [7, 11) is 0. The fourth-order valence-corrected chi connectivity index (χ4v) is 2.40. The maximum Gasteiger partial charge on any atom is 0.320 e. The average molecular weight is 279 g/mol. The van der Waals surface area contributed by atoms with E-state index in [9.17, 15) is 9.18 Å². The van der Waals surface area contributed by atoms with Gasteiger partial charge in [-0.05, 0) is 57.2 Å².